The van der Waals surface area contributed by atoms with Crippen LogP contribution >= 0.6 is 0 Å². The van der Waals surface area contributed by atoms with Crippen molar-refractivity contribution >= 4 is 6.09 Å². The zero-order valence-corrected chi connectivity index (χ0v) is 12.8. The second-order valence-corrected chi connectivity index (χ2v) is 4.92. The van der Waals surface area contributed by atoms with E-state index in [0.29, 0.717) is 13.1 Å². The number of hydrogen-bond donors (Lipinski definition) is 0. The molecule has 1 saturated heterocycles. The van der Waals surface area contributed by atoms with Crippen LogP contribution in [0.25, 0.3) is 0 Å². The smallest absolute Gasteiger partial charge is 0.409 e. The molecular weight excluding hydrogens is 272 g/mol. The summed E-state index contributed by atoms with van der Waals surface area (Å²) >= 11 is 0. The van der Waals surface area contributed by atoms with E-state index in [1.165, 1.54) is 12.7 Å². The first kappa shape index (κ1) is 15.4. The van der Waals surface area contributed by atoms with Gasteiger partial charge in [0.15, 0.2) is 11.5 Å². The van der Waals surface area contributed by atoms with Crippen molar-refractivity contribution in [3.05, 3.63) is 23.8 Å². The Morgan fingerprint density at radius 2 is 1.71 bits per heavy atom. The first-order valence-electron chi connectivity index (χ1n) is 6.94. The molecule has 6 heteroatoms. The summed E-state index contributed by atoms with van der Waals surface area (Å²) < 4.78 is 15.3. The van der Waals surface area contributed by atoms with E-state index in [1.807, 2.05) is 18.2 Å². The molecule has 0 radical (unpaired) electrons. The highest BCUT2D eigenvalue weighted by atomic mass is 16.5. The molecule has 0 aliphatic carbocycles. The number of carbonyl (C=O) groups is 1. The van der Waals surface area contributed by atoms with Crippen LogP contribution in [-0.2, 0) is 11.3 Å². The minimum Gasteiger partial charge on any atom is -0.493 e. The van der Waals surface area contributed by atoms with Gasteiger partial charge < -0.3 is 19.1 Å². The van der Waals surface area contributed by atoms with Gasteiger partial charge in [-0.05, 0) is 17.7 Å². The molecule has 1 amide bonds. The zero-order chi connectivity index (χ0) is 15.2. The maximum Gasteiger partial charge on any atom is 0.409 e. The van der Waals surface area contributed by atoms with E-state index >= 15 is 0 Å². The zero-order valence-electron chi connectivity index (χ0n) is 12.8. The normalized spacial score (nSPS) is 15.7. The molecule has 6 nitrogen and oxygen atoms in total. The number of piperazine rings is 1. The van der Waals surface area contributed by atoms with E-state index < -0.39 is 0 Å². The van der Waals surface area contributed by atoms with Crippen LogP contribution in [0.5, 0.6) is 11.5 Å². The predicted molar refractivity (Wildman–Crippen MR) is 78.8 cm³/mol. The van der Waals surface area contributed by atoms with Gasteiger partial charge in [0.05, 0.1) is 21.3 Å². The molecule has 1 aliphatic rings. The molecule has 0 spiro atoms. The molecule has 0 unspecified atom stereocenters. The fourth-order valence-corrected chi connectivity index (χ4v) is 2.45. The van der Waals surface area contributed by atoms with Gasteiger partial charge in [0.2, 0.25) is 0 Å². The summed E-state index contributed by atoms with van der Waals surface area (Å²) in [5.74, 6) is 1.47. The number of hydrogen-bond acceptors (Lipinski definition) is 5. The Hall–Kier alpha value is -1.95. The highest BCUT2D eigenvalue weighted by molar-refractivity contribution is 5.67. The lowest BCUT2D eigenvalue weighted by atomic mass is 10.1. The summed E-state index contributed by atoms with van der Waals surface area (Å²) in [6, 6.07) is 5.94. The number of carbonyl (C=O) groups excluding carboxylic acids is 1. The Balaban J connectivity index is 1.93. The minimum absolute atomic E-state index is 0.249. The Morgan fingerprint density at radius 1 is 1.05 bits per heavy atom. The molecule has 1 aromatic rings. The van der Waals surface area contributed by atoms with Gasteiger partial charge in [0, 0.05) is 32.7 Å². The fourth-order valence-electron chi connectivity index (χ4n) is 2.45. The maximum atomic E-state index is 11.4. The van der Waals surface area contributed by atoms with Gasteiger partial charge in [0.25, 0.3) is 0 Å². The van der Waals surface area contributed by atoms with Crippen LogP contribution in [0.3, 0.4) is 0 Å². The lowest BCUT2D eigenvalue weighted by Gasteiger charge is -2.33. The molecule has 0 atom stereocenters. The molecule has 0 N–H and O–H groups in total. The van der Waals surface area contributed by atoms with Crippen LogP contribution in [0, 0.1) is 0 Å². The van der Waals surface area contributed by atoms with Gasteiger partial charge in [-0.25, -0.2) is 4.79 Å². The van der Waals surface area contributed by atoms with Crippen molar-refractivity contribution in [2.75, 3.05) is 47.5 Å². The Kier molecular flexibility index (Phi) is 5.27. The van der Waals surface area contributed by atoms with E-state index in [4.69, 9.17) is 14.2 Å². The Morgan fingerprint density at radius 3 is 2.29 bits per heavy atom. The van der Waals surface area contributed by atoms with Crippen molar-refractivity contribution < 1.29 is 19.0 Å². The number of ether oxygens (including phenoxy) is 3. The molecule has 1 fully saturated rings. The fraction of sp³-hybridized carbons (Fsp3) is 0.533. The van der Waals surface area contributed by atoms with E-state index in [2.05, 4.69) is 4.90 Å². The van der Waals surface area contributed by atoms with Crippen molar-refractivity contribution in [1.82, 2.24) is 9.80 Å². The second kappa shape index (κ2) is 7.17. The molecule has 0 bridgehead atoms. The summed E-state index contributed by atoms with van der Waals surface area (Å²) in [4.78, 5) is 15.5. The summed E-state index contributed by atoms with van der Waals surface area (Å²) in [6.07, 6.45) is -0.249. The van der Waals surface area contributed by atoms with Gasteiger partial charge in [-0.3, -0.25) is 4.90 Å². The molecule has 1 heterocycles. The average Bonchev–Trinajstić information content (AvgIpc) is 2.54. The van der Waals surface area contributed by atoms with Crippen LogP contribution in [0.4, 0.5) is 4.79 Å². The maximum absolute atomic E-state index is 11.4. The minimum atomic E-state index is -0.249. The summed E-state index contributed by atoms with van der Waals surface area (Å²) in [5, 5.41) is 0. The number of benzene rings is 1. The van der Waals surface area contributed by atoms with E-state index in [9.17, 15) is 4.79 Å². The molecule has 21 heavy (non-hydrogen) atoms. The van der Waals surface area contributed by atoms with Crippen LogP contribution < -0.4 is 9.47 Å². The third-order valence-electron chi connectivity index (χ3n) is 3.66. The molecule has 1 aromatic carbocycles. The van der Waals surface area contributed by atoms with E-state index in [0.717, 1.165) is 31.1 Å². The summed E-state index contributed by atoms with van der Waals surface area (Å²) in [6.45, 7) is 3.89. The van der Waals surface area contributed by atoms with Crippen LogP contribution in [0.1, 0.15) is 5.56 Å². The molecule has 1 aliphatic heterocycles. The Labute approximate surface area is 125 Å². The average molecular weight is 294 g/mol. The SMILES string of the molecule is COC(=O)N1CCN(Cc2ccc(OC)c(OC)c2)CC1. The van der Waals surface area contributed by atoms with Crippen molar-refractivity contribution in [3.8, 4) is 11.5 Å². The van der Waals surface area contributed by atoms with Gasteiger partial charge in [0.1, 0.15) is 0 Å². The standard InChI is InChI=1S/C15H22N2O4/c1-19-13-5-4-12(10-14(13)20-2)11-16-6-8-17(9-7-16)15(18)21-3/h4-5,10H,6-9,11H2,1-3H3. The van der Waals surface area contributed by atoms with Crippen molar-refractivity contribution in [2.24, 2.45) is 0 Å². The quantitative estimate of drug-likeness (QED) is 0.844. The molecule has 0 aromatic heterocycles. The van der Waals surface area contributed by atoms with Gasteiger partial charge >= 0.3 is 6.09 Å². The molecule has 116 valence electrons. The number of amides is 1. The lowest BCUT2D eigenvalue weighted by molar-refractivity contribution is 0.0888. The largest absolute Gasteiger partial charge is 0.493 e. The third kappa shape index (κ3) is 3.78. The van der Waals surface area contributed by atoms with Gasteiger partial charge in [-0.1, -0.05) is 6.07 Å². The molecular formula is C15H22N2O4. The number of methoxy groups -OCH3 is 3. The molecule has 2 rings (SSSR count). The van der Waals surface area contributed by atoms with Crippen LogP contribution in [-0.4, -0.2) is 63.4 Å². The topological polar surface area (TPSA) is 51.2 Å². The lowest BCUT2D eigenvalue weighted by Crippen LogP contribution is -2.48. The Bertz CT molecular complexity index is 485. The first-order valence-corrected chi connectivity index (χ1v) is 6.94. The second-order valence-electron chi connectivity index (χ2n) is 4.92. The number of rotatable bonds is 4. The van der Waals surface area contributed by atoms with Gasteiger partial charge in [-0.15, -0.1) is 0 Å². The van der Waals surface area contributed by atoms with E-state index in [1.54, 1.807) is 19.1 Å². The summed E-state index contributed by atoms with van der Waals surface area (Å²) in [7, 11) is 4.68. The molecule has 0 saturated carbocycles. The van der Waals surface area contributed by atoms with E-state index in [-0.39, 0.29) is 6.09 Å². The highest BCUT2D eigenvalue weighted by Gasteiger charge is 2.21. The third-order valence-corrected chi connectivity index (χ3v) is 3.66. The first-order chi connectivity index (χ1) is 10.2. The van der Waals surface area contributed by atoms with Crippen LogP contribution in [0.2, 0.25) is 0 Å². The van der Waals surface area contributed by atoms with Gasteiger partial charge in [-0.2, -0.15) is 0 Å². The van der Waals surface area contributed by atoms with Crippen molar-refractivity contribution in [2.45, 2.75) is 6.54 Å². The predicted octanol–water partition coefficient (Wildman–Crippen LogP) is 1.59. The van der Waals surface area contributed by atoms with Crippen LogP contribution in [0.15, 0.2) is 18.2 Å². The summed E-state index contributed by atoms with van der Waals surface area (Å²) in [5.41, 5.74) is 1.17. The highest BCUT2D eigenvalue weighted by Crippen LogP contribution is 2.28. The van der Waals surface area contributed by atoms with Crippen molar-refractivity contribution in [1.29, 1.82) is 0 Å². The number of nitrogens with zero attached hydrogens (tertiary/aromatic N) is 2. The monoisotopic (exact) mass is 294 g/mol. The van der Waals surface area contributed by atoms with Crippen molar-refractivity contribution in [3.63, 3.8) is 0 Å².